The van der Waals surface area contributed by atoms with Gasteiger partial charge < -0.3 is 13.9 Å². The molecule has 40 heavy (non-hydrogen) atoms. The van der Waals surface area contributed by atoms with E-state index < -0.39 is 16.5 Å². The summed E-state index contributed by atoms with van der Waals surface area (Å²) in [6, 6.07) is 18.1. The van der Waals surface area contributed by atoms with Crippen molar-refractivity contribution in [2.45, 2.75) is 5.92 Å². The van der Waals surface area contributed by atoms with Gasteiger partial charge in [0, 0.05) is 17.2 Å². The molecule has 1 aliphatic rings. The number of hydrogen-bond acceptors (Lipinski definition) is 9. The Labute approximate surface area is 229 Å². The van der Waals surface area contributed by atoms with Gasteiger partial charge in [0.25, 0.3) is 5.69 Å². The lowest BCUT2D eigenvalue weighted by atomic mass is 9.84. The normalized spacial score (nSPS) is 14.0. The standard InChI is InChI=1S/C28H16ClN5O6/c1-38-19-10-9-15(29)12-18(19)25-31-26-23-21(14-5-4-6-16(11-14)34(36)37)22-24(40-27(23)30-13-33(26)32-25)17-7-2-3-8-20(17)39-28(22)35/h2-13,21H,1H3. The number of rotatable bonds is 4. The number of ether oxygens (including phenoxy) is 2. The Morgan fingerprint density at radius 3 is 2.75 bits per heavy atom. The minimum absolute atomic E-state index is 0.136. The summed E-state index contributed by atoms with van der Waals surface area (Å²) < 4.78 is 18.9. The van der Waals surface area contributed by atoms with Gasteiger partial charge in [-0.3, -0.25) is 10.1 Å². The third-order valence-electron chi connectivity index (χ3n) is 6.78. The molecule has 0 amide bonds. The molecule has 1 aliphatic heterocycles. The van der Waals surface area contributed by atoms with Crippen LogP contribution in [0.4, 0.5) is 5.69 Å². The molecule has 6 aromatic rings. The van der Waals surface area contributed by atoms with E-state index in [4.69, 9.17) is 30.5 Å². The first-order valence-corrected chi connectivity index (χ1v) is 12.4. The van der Waals surface area contributed by atoms with E-state index in [-0.39, 0.29) is 22.9 Å². The van der Waals surface area contributed by atoms with Crippen LogP contribution in [0.3, 0.4) is 0 Å². The molecule has 196 valence electrons. The maximum atomic E-state index is 13.5. The van der Waals surface area contributed by atoms with Gasteiger partial charge in [0.15, 0.2) is 17.2 Å². The van der Waals surface area contributed by atoms with Crippen molar-refractivity contribution in [3.63, 3.8) is 0 Å². The zero-order valence-electron chi connectivity index (χ0n) is 20.6. The number of para-hydroxylation sites is 1. The van der Waals surface area contributed by atoms with E-state index in [2.05, 4.69) is 10.1 Å². The Morgan fingerprint density at radius 2 is 1.93 bits per heavy atom. The second-order valence-electron chi connectivity index (χ2n) is 9.03. The predicted molar refractivity (Wildman–Crippen MR) is 144 cm³/mol. The van der Waals surface area contributed by atoms with Crippen LogP contribution in [0.5, 0.6) is 17.4 Å². The molecule has 4 heterocycles. The topological polar surface area (TPSA) is 135 Å². The third kappa shape index (κ3) is 3.59. The molecule has 0 N–H and O–H groups in total. The van der Waals surface area contributed by atoms with Gasteiger partial charge in [-0.15, -0.1) is 5.10 Å². The Balaban J connectivity index is 1.55. The highest BCUT2D eigenvalue weighted by Crippen LogP contribution is 2.49. The van der Waals surface area contributed by atoms with Gasteiger partial charge in [-0.2, -0.15) is 0 Å². The molecular weight excluding hydrogens is 538 g/mol. The number of halogens is 1. The van der Waals surface area contributed by atoms with Crippen molar-refractivity contribution in [2.75, 3.05) is 7.11 Å². The van der Waals surface area contributed by atoms with E-state index >= 15 is 0 Å². The van der Waals surface area contributed by atoms with Gasteiger partial charge >= 0.3 is 5.63 Å². The molecule has 0 bridgehead atoms. The fraction of sp³-hybridized carbons (Fsp3) is 0.0714. The van der Waals surface area contributed by atoms with Crippen molar-refractivity contribution in [3.8, 4) is 28.8 Å². The number of hydrogen-bond donors (Lipinski definition) is 0. The van der Waals surface area contributed by atoms with Gasteiger partial charge in [0.05, 0.1) is 40.0 Å². The van der Waals surface area contributed by atoms with Crippen LogP contribution in [0.25, 0.3) is 28.0 Å². The van der Waals surface area contributed by atoms with E-state index in [0.717, 1.165) is 0 Å². The number of nitro benzene ring substituents is 1. The second kappa shape index (κ2) is 8.89. The van der Waals surface area contributed by atoms with Crippen LogP contribution >= 0.6 is 11.6 Å². The second-order valence-corrected chi connectivity index (χ2v) is 9.46. The predicted octanol–water partition coefficient (Wildman–Crippen LogP) is 5.75. The van der Waals surface area contributed by atoms with Gasteiger partial charge in [-0.05, 0) is 35.9 Å². The number of benzene rings is 3. The fourth-order valence-electron chi connectivity index (χ4n) is 5.05. The number of methoxy groups -OCH3 is 1. The molecule has 7 rings (SSSR count). The van der Waals surface area contributed by atoms with Crippen LogP contribution in [0.2, 0.25) is 5.02 Å². The number of aromatic nitrogens is 4. The number of non-ortho nitro benzene ring substituents is 1. The van der Waals surface area contributed by atoms with Crippen LogP contribution in [0, 0.1) is 10.1 Å². The molecule has 1 unspecified atom stereocenters. The highest BCUT2D eigenvalue weighted by atomic mass is 35.5. The number of fused-ring (bicyclic) bond motifs is 6. The summed E-state index contributed by atoms with van der Waals surface area (Å²) in [5, 5.41) is 17.3. The minimum atomic E-state index is -0.867. The van der Waals surface area contributed by atoms with Crippen molar-refractivity contribution in [3.05, 3.63) is 115 Å². The van der Waals surface area contributed by atoms with Gasteiger partial charge in [-0.25, -0.2) is 19.3 Å². The Hall–Kier alpha value is -5.29. The smallest absolute Gasteiger partial charge is 0.344 e. The number of nitro groups is 1. The first-order chi connectivity index (χ1) is 19.4. The summed E-state index contributed by atoms with van der Waals surface area (Å²) >= 11 is 6.25. The summed E-state index contributed by atoms with van der Waals surface area (Å²) in [7, 11) is 1.53. The van der Waals surface area contributed by atoms with E-state index in [1.165, 1.54) is 30.1 Å². The molecule has 0 saturated carbocycles. The molecule has 12 heteroatoms. The first-order valence-electron chi connectivity index (χ1n) is 12.0. The molecule has 0 spiro atoms. The van der Waals surface area contributed by atoms with Crippen molar-refractivity contribution >= 4 is 33.9 Å². The molecule has 3 aromatic carbocycles. The molecule has 0 aliphatic carbocycles. The van der Waals surface area contributed by atoms with Crippen LogP contribution in [0.1, 0.15) is 22.6 Å². The SMILES string of the molecule is COc1ccc(Cl)cc1-c1nc2c3c(ncn2n1)Oc1c(c(=O)oc2ccccc12)C3c1cccc([N+](=O)[O-])c1. The maximum absolute atomic E-state index is 13.5. The Bertz CT molecular complexity index is 2070. The molecular formula is C28H16ClN5O6. The van der Waals surface area contributed by atoms with Crippen LogP contribution in [0.15, 0.2) is 82.3 Å². The summed E-state index contributed by atoms with van der Waals surface area (Å²) in [5.74, 6) is 0.386. The van der Waals surface area contributed by atoms with Gasteiger partial charge in [-0.1, -0.05) is 35.9 Å². The highest BCUT2D eigenvalue weighted by molar-refractivity contribution is 6.30. The van der Waals surface area contributed by atoms with E-state index in [0.29, 0.717) is 49.9 Å². The zero-order valence-corrected chi connectivity index (χ0v) is 21.3. The monoisotopic (exact) mass is 553 g/mol. The average molecular weight is 554 g/mol. The first kappa shape index (κ1) is 23.8. The van der Waals surface area contributed by atoms with Crippen LogP contribution < -0.4 is 15.1 Å². The van der Waals surface area contributed by atoms with Crippen LogP contribution in [-0.2, 0) is 0 Å². The lowest BCUT2D eigenvalue weighted by molar-refractivity contribution is -0.384. The molecule has 0 fully saturated rings. The molecule has 0 saturated heterocycles. The highest BCUT2D eigenvalue weighted by Gasteiger charge is 2.38. The third-order valence-corrected chi connectivity index (χ3v) is 7.01. The van der Waals surface area contributed by atoms with E-state index in [1.54, 1.807) is 54.6 Å². The van der Waals surface area contributed by atoms with E-state index in [9.17, 15) is 14.9 Å². The lowest BCUT2D eigenvalue weighted by Crippen LogP contribution is -2.22. The molecule has 3 aromatic heterocycles. The van der Waals surface area contributed by atoms with Crippen molar-refractivity contribution in [1.82, 2.24) is 19.6 Å². The Kier molecular flexibility index (Phi) is 5.29. The summed E-state index contributed by atoms with van der Waals surface area (Å²) in [5.41, 5.74) is 1.47. The number of nitrogens with zero attached hydrogens (tertiary/aromatic N) is 5. The van der Waals surface area contributed by atoms with Crippen molar-refractivity contribution < 1.29 is 18.8 Å². The van der Waals surface area contributed by atoms with E-state index in [1.807, 2.05) is 0 Å². The quantitative estimate of drug-likeness (QED) is 0.151. The lowest BCUT2D eigenvalue weighted by Gasteiger charge is -2.27. The van der Waals surface area contributed by atoms with Crippen LogP contribution in [-0.4, -0.2) is 31.6 Å². The average Bonchev–Trinajstić information content (AvgIpc) is 3.41. The molecule has 11 nitrogen and oxygen atoms in total. The summed E-state index contributed by atoms with van der Waals surface area (Å²) in [6.45, 7) is 0. The molecule has 1 atom stereocenters. The fourth-order valence-corrected chi connectivity index (χ4v) is 5.22. The summed E-state index contributed by atoms with van der Waals surface area (Å²) in [4.78, 5) is 33.9. The molecule has 0 radical (unpaired) electrons. The summed E-state index contributed by atoms with van der Waals surface area (Å²) in [6.07, 6.45) is 1.45. The largest absolute Gasteiger partial charge is 0.496 e. The maximum Gasteiger partial charge on any atom is 0.344 e. The minimum Gasteiger partial charge on any atom is -0.496 e. The zero-order chi connectivity index (χ0) is 27.5. The Morgan fingerprint density at radius 1 is 1.07 bits per heavy atom. The van der Waals surface area contributed by atoms with Crippen molar-refractivity contribution in [2.24, 2.45) is 0 Å². The van der Waals surface area contributed by atoms with Crippen molar-refractivity contribution in [1.29, 1.82) is 0 Å². The van der Waals surface area contributed by atoms with Gasteiger partial charge in [0.2, 0.25) is 5.88 Å². The van der Waals surface area contributed by atoms with Gasteiger partial charge in [0.1, 0.15) is 17.7 Å².